The number of nitrogens with one attached hydrogen (secondary N) is 3. The van der Waals surface area contributed by atoms with E-state index in [1.807, 2.05) is 38.2 Å². The Balaban J connectivity index is 1.72. The number of hydrogen-bond donors (Lipinski definition) is 3. The van der Waals surface area contributed by atoms with Crippen LogP contribution in [0.4, 0.5) is 4.79 Å². The van der Waals surface area contributed by atoms with Crippen LogP contribution in [-0.4, -0.2) is 38.2 Å². The van der Waals surface area contributed by atoms with Crippen LogP contribution in [0.1, 0.15) is 25.3 Å². The van der Waals surface area contributed by atoms with Gasteiger partial charge in [0.2, 0.25) is 0 Å². The minimum atomic E-state index is -0.388. The Kier molecular flexibility index (Phi) is 5.77. The Hall–Kier alpha value is -2.08. The third-order valence-corrected chi connectivity index (χ3v) is 3.37. The van der Waals surface area contributed by atoms with Crippen LogP contribution in [0.5, 0.6) is 5.75 Å². The average molecular weight is 306 g/mol. The number of likely N-dealkylation sites (N-methyl/N-ethyl adjacent to an activating group) is 1. The zero-order valence-corrected chi connectivity index (χ0v) is 13.1. The van der Waals surface area contributed by atoms with Gasteiger partial charge in [-0.15, -0.1) is 0 Å². The van der Waals surface area contributed by atoms with Gasteiger partial charge in [-0.25, -0.2) is 4.79 Å². The molecule has 2 rings (SSSR count). The topological polar surface area (TPSA) is 71.9 Å². The molecule has 1 aliphatic rings. The van der Waals surface area contributed by atoms with Gasteiger partial charge in [-0.1, -0.05) is 0 Å². The summed E-state index contributed by atoms with van der Waals surface area (Å²) in [5.74, 6) is 0.583. The first-order chi connectivity index (χ1) is 10.6. The van der Waals surface area contributed by atoms with E-state index in [9.17, 15) is 9.59 Å². The number of hydrogen-bond acceptors (Lipinski definition) is 3. The van der Waals surface area contributed by atoms with Crippen LogP contribution in [-0.2, 0) is 11.3 Å². The molecule has 1 atom stereocenters. The van der Waals surface area contributed by atoms with Gasteiger partial charge >= 0.3 is 6.03 Å². The number of benzene rings is 1. The first kappa shape index (κ1) is 16.3. The predicted molar refractivity (Wildman–Crippen MR) is 82.8 cm³/mol. The number of urea groups is 1. The molecule has 3 N–H and O–H groups in total. The molecule has 1 saturated carbocycles. The largest absolute Gasteiger partial charge is 0.494 e. The molecule has 1 fully saturated rings. The van der Waals surface area contributed by atoms with Gasteiger partial charge in [0.25, 0.3) is 5.91 Å². The summed E-state index contributed by atoms with van der Waals surface area (Å²) in [4.78, 5) is 24.3. The summed E-state index contributed by atoms with van der Waals surface area (Å²) >= 11 is 0. The molecule has 1 aromatic carbocycles. The van der Waals surface area contributed by atoms with Crippen LogP contribution in [0.2, 0.25) is 0 Å². The van der Waals surface area contributed by atoms with Gasteiger partial charge in [0.05, 0.1) is 13.7 Å². The lowest BCUT2D eigenvalue weighted by Crippen LogP contribution is -3.09. The fourth-order valence-corrected chi connectivity index (χ4v) is 2.18. The molecule has 1 unspecified atom stereocenters. The van der Waals surface area contributed by atoms with Crippen LogP contribution in [0.25, 0.3) is 0 Å². The molecule has 0 radical (unpaired) electrons. The Morgan fingerprint density at radius 2 is 1.95 bits per heavy atom. The van der Waals surface area contributed by atoms with Crippen LogP contribution < -0.4 is 20.3 Å². The van der Waals surface area contributed by atoms with Crippen LogP contribution in [0.15, 0.2) is 24.3 Å². The van der Waals surface area contributed by atoms with E-state index >= 15 is 0 Å². The highest BCUT2D eigenvalue weighted by Gasteiger charge is 2.24. The molecule has 0 saturated heterocycles. The van der Waals surface area contributed by atoms with Crippen molar-refractivity contribution in [2.24, 2.45) is 0 Å². The van der Waals surface area contributed by atoms with Crippen molar-refractivity contribution in [1.82, 2.24) is 10.6 Å². The van der Waals surface area contributed by atoms with Crippen LogP contribution >= 0.6 is 0 Å². The summed E-state index contributed by atoms with van der Waals surface area (Å²) in [5.41, 5.74) is 1.12. The molecule has 120 valence electrons. The van der Waals surface area contributed by atoms with E-state index in [-0.39, 0.29) is 24.5 Å². The van der Waals surface area contributed by atoms with Crippen molar-refractivity contribution >= 4 is 11.9 Å². The number of carbonyl (C=O) groups excluding carboxylic acids is 2. The maximum Gasteiger partial charge on any atom is 0.321 e. The molecule has 0 bridgehead atoms. The van der Waals surface area contributed by atoms with E-state index in [1.165, 1.54) is 0 Å². The predicted octanol–water partition coefficient (Wildman–Crippen LogP) is 0.0882. The van der Waals surface area contributed by atoms with E-state index in [1.54, 1.807) is 0 Å². The second kappa shape index (κ2) is 7.79. The lowest BCUT2D eigenvalue weighted by Gasteiger charge is -2.14. The number of rotatable bonds is 7. The van der Waals surface area contributed by atoms with Crippen molar-refractivity contribution < 1.29 is 19.2 Å². The third kappa shape index (κ3) is 5.73. The minimum Gasteiger partial charge on any atom is -0.494 e. The number of carbonyl (C=O) groups is 2. The standard InChI is InChI=1S/C16H23N3O3/c1-3-22-14-8-4-12(5-9-14)10-19(2)11-15(20)18-16(21)17-13-6-7-13/h4-5,8-9,13H,3,6-7,10-11H2,1-2H3,(H2,17,18,20,21)/p+1. The molecule has 0 spiro atoms. The SMILES string of the molecule is CCOc1ccc(C[NH+](C)CC(=O)NC(=O)NC2CC2)cc1. The molecule has 6 heteroatoms. The Bertz CT molecular complexity index is 512. The zero-order chi connectivity index (χ0) is 15.9. The number of imide groups is 1. The van der Waals surface area contributed by atoms with Crippen molar-refractivity contribution in [2.45, 2.75) is 32.4 Å². The Morgan fingerprint density at radius 1 is 1.27 bits per heavy atom. The molecule has 6 nitrogen and oxygen atoms in total. The summed E-state index contributed by atoms with van der Waals surface area (Å²) < 4.78 is 5.40. The fraction of sp³-hybridized carbons (Fsp3) is 0.500. The number of quaternary nitrogens is 1. The van der Waals surface area contributed by atoms with Gasteiger partial charge in [0, 0.05) is 11.6 Å². The van der Waals surface area contributed by atoms with Crippen LogP contribution in [0, 0.1) is 0 Å². The van der Waals surface area contributed by atoms with Gasteiger partial charge in [-0.3, -0.25) is 10.1 Å². The van der Waals surface area contributed by atoms with Crippen molar-refractivity contribution in [3.05, 3.63) is 29.8 Å². The molecule has 0 aliphatic heterocycles. The number of ether oxygens (including phenoxy) is 1. The molecular weight excluding hydrogens is 282 g/mol. The van der Waals surface area contributed by atoms with Crippen molar-refractivity contribution in [2.75, 3.05) is 20.2 Å². The Labute approximate surface area is 130 Å². The monoisotopic (exact) mass is 306 g/mol. The van der Waals surface area contributed by atoms with Gasteiger partial charge in [0.1, 0.15) is 12.3 Å². The maximum atomic E-state index is 11.8. The average Bonchev–Trinajstić information content (AvgIpc) is 3.24. The molecule has 22 heavy (non-hydrogen) atoms. The lowest BCUT2D eigenvalue weighted by molar-refractivity contribution is -0.885. The first-order valence-electron chi connectivity index (χ1n) is 7.70. The Morgan fingerprint density at radius 3 is 2.55 bits per heavy atom. The minimum absolute atomic E-state index is 0.252. The molecule has 1 aliphatic carbocycles. The first-order valence-corrected chi connectivity index (χ1v) is 7.70. The molecule has 0 heterocycles. The maximum absolute atomic E-state index is 11.8. The quantitative estimate of drug-likeness (QED) is 0.668. The number of amides is 3. The highest BCUT2D eigenvalue weighted by atomic mass is 16.5. The molecule has 3 amide bonds. The summed E-state index contributed by atoms with van der Waals surface area (Å²) in [5, 5.41) is 5.10. The van der Waals surface area contributed by atoms with Gasteiger partial charge in [0.15, 0.2) is 6.54 Å². The second-order valence-electron chi connectivity index (χ2n) is 5.68. The van der Waals surface area contributed by atoms with Crippen LogP contribution in [0.3, 0.4) is 0 Å². The van der Waals surface area contributed by atoms with E-state index in [0.717, 1.165) is 29.1 Å². The summed E-state index contributed by atoms with van der Waals surface area (Å²) in [6.07, 6.45) is 2.01. The normalized spacial score (nSPS) is 15.0. The fourth-order valence-electron chi connectivity index (χ4n) is 2.18. The van der Waals surface area contributed by atoms with E-state index in [2.05, 4.69) is 10.6 Å². The highest BCUT2D eigenvalue weighted by molar-refractivity contribution is 5.94. The summed E-state index contributed by atoms with van der Waals surface area (Å²) in [7, 11) is 1.93. The molecule has 1 aromatic rings. The van der Waals surface area contributed by atoms with E-state index in [4.69, 9.17) is 4.74 Å². The summed E-state index contributed by atoms with van der Waals surface area (Å²) in [6, 6.07) is 7.70. The van der Waals surface area contributed by atoms with Gasteiger partial charge in [-0.2, -0.15) is 0 Å². The molecule has 0 aromatic heterocycles. The van der Waals surface area contributed by atoms with Crippen molar-refractivity contribution in [3.8, 4) is 5.75 Å². The van der Waals surface area contributed by atoms with E-state index < -0.39 is 0 Å². The van der Waals surface area contributed by atoms with Gasteiger partial charge < -0.3 is 15.0 Å². The molecular formula is C16H24N3O3+. The second-order valence-corrected chi connectivity index (χ2v) is 5.68. The zero-order valence-electron chi connectivity index (χ0n) is 13.1. The lowest BCUT2D eigenvalue weighted by atomic mass is 10.2. The summed E-state index contributed by atoms with van der Waals surface area (Å²) in [6.45, 7) is 3.56. The van der Waals surface area contributed by atoms with Gasteiger partial charge in [-0.05, 0) is 44.0 Å². The van der Waals surface area contributed by atoms with Crippen molar-refractivity contribution in [3.63, 3.8) is 0 Å². The third-order valence-electron chi connectivity index (χ3n) is 3.37. The van der Waals surface area contributed by atoms with Crippen molar-refractivity contribution in [1.29, 1.82) is 0 Å². The highest BCUT2D eigenvalue weighted by Crippen LogP contribution is 2.18. The smallest absolute Gasteiger partial charge is 0.321 e. The van der Waals surface area contributed by atoms with E-state index in [0.29, 0.717) is 13.2 Å².